The zero-order chi connectivity index (χ0) is 17.3. The fourth-order valence-corrected chi connectivity index (χ4v) is 3.43. The average molecular weight is 364 g/mol. The van der Waals surface area contributed by atoms with Crippen LogP contribution in [-0.2, 0) is 15.1 Å². The third-order valence-corrected chi connectivity index (χ3v) is 4.84. The molecule has 2 aromatic rings. The van der Waals surface area contributed by atoms with Crippen molar-refractivity contribution in [2.45, 2.75) is 12.5 Å². The Kier molecular flexibility index (Phi) is 4.29. The first-order valence-electron chi connectivity index (χ1n) is 7.13. The highest BCUT2D eigenvalue weighted by atomic mass is 35.5. The standard InChI is InChI=1S/C16H14ClN3O3S/c1-16(10-6-7-24-9-10)14(22)20(15(23)19-16)8-13(21)18-12-5-3-2-4-11(12)17/h2-7,9H,8H2,1H3,(H,18,21)(H,19,23)/t16-/m1/s1. The highest BCUT2D eigenvalue weighted by Crippen LogP contribution is 2.30. The number of nitrogens with zero attached hydrogens (tertiary/aromatic N) is 1. The van der Waals surface area contributed by atoms with Crippen LogP contribution in [0.15, 0.2) is 41.1 Å². The van der Waals surface area contributed by atoms with Gasteiger partial charge in [-0.25, -0.2) is 4.79 Å². The fourth-order valence-electron chi connectivity index (χ4n) is 2.48. The number of carbonyl (C=O) groups is 3. The van der Waals surface area contributed by atoms with Crippen molar-refractivity contribution in [3.63, 3.8) is 0 Å². The molecule has 0 bridgehead atoms. The van der Waals surface area contributed by atoms with Crippen LogP contribution in [0.25, 0.3) is 0 Å². The molecule has 1 aliphatic heterocycles. The summed E-state index contributed by atoms with van der Waals surface area (Å²) >= 11 is 7.41. The summed E-state index contributed by atoms with van der Waals surface area (Å²) in [6.07, 6.45) is 0. The van der Waals surface area contributed by atoms with Crippen molar-refractivity contribution < 1.29 is 14.4 Å². The Labute approximate surface area is 147 Å². The molecule has 1 saturated heterocycles. The third kappa shape index (κ3) is 2.88. The molecule has 1 aliphatic rings. The maximum atomic E-state index is 12.6. The Morgan fingerprint density at radius 2 is 2.08 bits per heavy atom. The summed E-state index contributed by atoms with van der Waals surface area (Å²) in [4.78, 5) is 37.8. The van der Waals surface area contributed by atoms with Crippen molar-refractivity contribution >= 4 is 46.5 Å². The molecule has 2 N–H and O–H groups in total. The fraction of sp³-hybridized carbons (Fsp3) is 0.188. The number of nitrogens with one attached hydrogen (secondary N) is 2. The second-order valence-electron chi connectivity index (χ2n) is 5.49. The van der Waals surface area contributed by atoms with Crippen molar-refractivity contribution in [1.29, 1.82) is 0 Å². The van der Waals surface area contributed by atoms with E-state index >= 15 is 0 Å². The molecular weight excluding hydrogens is 350 g/mol. The summed E-state index contributed by atoms with van der Waals surface area (Å²) < 4.78 is 0. The number of amides is 4. The first-order valence-corrected chi connectivity index (χ1v) is 8.45. The lowest BCUT2D eigenvalue weighted by Gasteiger charge is -2.20. The minimum Gasteiger partial charge on any atom is -0.323 e. The number of rotatable bonds is 4. The molecule has 3 rings (SSSR count). The van der Waals surface area contributed by atoms with Crippen molar-refractivity contribution in [2.75, 3.05) is 11.9 Å². The topological polar surface area (TPSA) is 78.5 Å². The van der Waals surface area contributed by atoms with Crippen LogP contribution in [0.5, 0.6) is 0 Å². The van der Waals surface area contributed by atoms with Crippen LogP contribution in [0, 0.1) is 0 Å². The van der Waals surface area contributed by atoms with Crippen LogP contribution >= 0.6 is 22.9 Å². The van der Waals surface area contributed by atoms with Crippen LogP contribution in [-0.4, -0.2) is 29.3 Å². The van der Waals surface area contributed by atoms with E-state index in [0.717, 1.165) is 4.90 Å². The number of imide groups is 1. The van der Waals surface area contributed by atoms with E-state index in [1.807, 2.05) is 5.38 Å². The van der Waals surface area contributed by atoms with Gasteiger partial charge >= 0.3 is 6.03 Å². The smallest absolute Gasteiger partial charge is 0.323 e. The molecule has 1 atom stereocenters. The molecule has 1 fully saturated rings. The summed E-state index contributed by atoms with van der Waals surface area (Å²) in [6.45, 7) is 1.25. The SMILES string of the molecule is C[C@]1(c2ccsc2)NC(=O)N(CC(=O)Nc2ccccc2Cl)C1=O. The zero-order valence-corrected chi connectivity index (χ0v) is 14.3. The van der Waals surface area contributed by atoms with Crippen molar-refractivity contribution in [3.05, 3.63) is 51.7 Å². The maximum absolute atomic E-state index is 12.6. The van der Waals surface area contributed by atoms with Gasteiger partial charge in [0.05, 0.1) is 10.7 Å². The monoisotopic (exact) mass is 363 g/mol. The molecule has 1 aromatic heterocycles. The molecule has 0 saturated carbocycles. The quantitative estimate of drug-likeness (QED) is 0.820. The lowest BCUT2D eigenvalue weighted by atomic mass is 9.95. The van der Waals surface area contributed by atoms with E-state index in [0.29, 0.717) is 16.3 Å². The lowest BCUT2D eigenvalue weighted by Crippen LogP contribution is -2.41. The van der Waals surface area contributed by atoms with Gasteiger partial charge in [-0.2, -0.15) is 11.3 Å². The predicted molar refractivity (Wildman–Crippen MR) is 92.0 cm³/mol. The van der Waals surface area contributed by atoms with Gasteiger partial charge in [-0.3, -0.25) is 14.5 Å². The minimum absolute atomic E-state index is 0.379. The first kappa shape index (κ1) is 16.5. The molecule has 0 radical (unpaired) electrons. The molecule has 6 nitrogen and oxygen atoms in total. The molecule has 2 heterocycles. The van der Waals surface area contributed by atoms with Gasteiger partial charge in [0.1, 0.15) is 12.1 Å². The maximum Gasteiger partial charge on any atom is 0.325 e. The molecule has 8 heteroatoms. The number of para-hydroxylation sites is 1. The molecule has 0 spiro atoms. The number of urea groups is 1. The van der Waals surface area contributed by atoms with Gasteiger partial charge in [0.25, 0.3) is 5.91 Å². The summed E-state index contributed by atoms with van der Waals surface area (Å²) in [5, 5.41) is 9.25. The predicted octanol–water partition coefficient (Wildman–Crippen LogP) is 2.81. The van der Waals surface area contributed by atoms with E-state index in [-0.39, 0.29) is 6.54 Å². The second-order valence-corrected chi connectivity index (χ2v) is 6.67. The van der Waals surface area contributed by atoms with E-state index in [1.165, 1.54) is 11.3 Å². The molecule has 24 heavy (non-hydrogen) atoms. The van der Waals surface area contributed by atoms with Gasteiger partial charge < -0.3 is 10.6 Å². The van der Waals surface area contributed by atoms with Gasteiger partial charge in [0.2, 0.25) is 5.91 Å². The largest absolute Gasteiger partial charge is 0.325 e. The van der Waals surface area contributed by atoms with Crippen molar-refractivity contribution in [3.8, 4) is 0 Å². The van der Waals surface area contributed by atoms with E-state index < -0.39 is 23.4 Å². The van der Waals surface area contributed by atoms with Crippen LogP contribution in [0.1, 0.15) is 12.5 Å². The van der Waals surface area contributed by atoms with Crippen LogP contribution < -0.4 is 10.6 Å². The molecule has 1 aromatic carbocycles. The molecule has 0 aliphatic carbocycles. The number of anilines is 1. The highest BCUT2D eigenvalue weighted by molar-refractivity contribution is 7.08. The molecule has 124 valence electrons. The third-order valence-electron chi connectivity index (χ3n) is 3.82. The van der Waals surface area contributed by atoms with Gasteiger partial charge in [-0.15, -0.1) is 0 Å². The van der Waals surface area contributed by atoms with E-state index in [1.54, 1.807) is 42.6 Å². The Morgan fingerprint density at radius 1 is 1.33 bits per heavy atom. The van der Waals surface area contributed by atoms with E-state index in [9.17, 15) is 14.4 Å². The minimum atomic E-state index is -1.15. The number of hydrogen-bond acceptors (Lipinski definition) is 4. The summed E-state index contributed by atoms with van der Waals surface area (Å²) in [7, 11) is 0. The summed E-state index contributed by atoms with van der Waals surface area (Å²) in [6, 6.07) is 7.92. The highest BCUT2D eigenvalue weighted by Gasteiger charge is 2.49. The van der Waals surface area contributed by atoms with E-state index in [4.69, 9.17) is 11.6 Å². The Bertz CT molecular complexity index is 809. The Hall–Kier alpha value is -2.38. The molecule has 4 amide bonds. The lowest BCUT2D eigenvalue weighted by molar-refractivity contribution is -0.133. The van der Waals surface area contributed by atoms with Crippen LogP contribution in [0.4, 0.5) is 10.5 Å². The molecule has 0 unspecified atom stereocenters. The van der Waals surface area contributed by atoms with E-state index in [2.05, 4.69) is 10.6 Å². The van der Waals surface area contributed by atoms with Crippen LogP contribution in [0.3, 0.4) is 0 Å². The number of carbonyl (C=O) groups excluding carboxylic acids is 3. The number of hydrogen-bond donors (Lipinski definition) is 2. The van der Waals surface area contributed by atoms with Gasteiger partial charge in [0.15, 0.2) is 0 Å². The number of halogens is 1. The van der Waals surface area contributed by atoms with Crippen molar-refractivity contribution in [1.82, 2.24) is 10.2 Å². The average Bonchev–Trinajstić information content (AvgIpc) is 3.14. The van der Waals surface area contributed by atoms with Crippen molar-refractivity contribution in [2.24, 2.45) is 0 Å². The van der Waals surface area contributed by atoms with Crippen LogP contribution in [0.2, 0.25) is 5.02 Å². The normalized spacial score (nSPS) is 20.2. The zero-order valence-electron chi connectivity index (χ0n) is 12.7. The number of thiophene rings is 1. The molecular formula is C16H14ClN3O3S. The summed E-state index contributed by atoms with van der Waals surface area (Å²) in [5.41, 5.74) is -0.0291. The number of benzene rings is 1. The summed E-state index contributed by atoms with van der Waals surface area (Å²) in [5.74, 6) is -0.957. The first-order chi connectivity index (χ1) is 11.4. The Morgan fingerprint density at radius 3 is 2.75 bits per heavy atom. The Balaban J connectivity index is 1.74. The van der Waals surface area contributed by atoms with Gasteiger partial charge in [-0.1, -0.05) is 23.7 Å². The van der Waals surface area contributed by atoms with Gasteiger partial charge in [-0.05, 0) is 41.4 Å². The van der Waals surface area contributed by atoms with Gasteiger partial charge in [0, 0.05) is 0 Å². The second kappa shape index (κ2) is 6.26.